The van der Waals surface area contributed by atoms with Crippen LogP contribution in [0.5, 0.6) is 0 Å². The number of thioether (sulfide) groups is 1. The predicted octanol–water partition coefficient (Wildman–Crippen LogP) is 3.07. The lowest BCUT2D eigenvalue weighted by Crippen LogP contribution is -2.38. The number of aliphatic imine (C=N–C) groups is 1. The number of ether oxygens (including phenoxy) is 1. The van der Waals surface area contributed by atoms with Crippen molar-refractivity contribution >= 4 is 23.7 Å². The van der Waals surface area contributed by atoms with E-state index in [1.165, 1.54) is 12.0 Å². The van der Waals surface area contributed by atoms with Gasteiger partial charge in [0.2, 0.25) is 0 Å². The van der Waals surface area contributed by atoms with Crippen molar-refractivity contribution in [3.05, 3.63) is 30.3 Å². The maximum absolute atomic E-state index is 11.0. The Labute approximate surface area is 149 Å². The Morgan fingerprint density at radius 3 is 2.50 bits per heavy atom. The highest BCUT2D eigenvalue weighted by Gasteiger charge is 2.00. The van der Waals surface area contributed by atoms with Crippen LogP contribution in [0.3, 0.4) is 0 Å². The van der Waals surface area contributed by atoms with Gasteiger partial charge in [-0.3, -0.25) is 9.79 Å². The Morgan fingerprint density at radius 1 is 1.08 bits per heavy atom. The molecule has 1 aromatic rings. The van der Waals surface area contributed by atoms with E-state index in [0.29, 0.717) is 6.42 Å². The molecule has 1 aromatic carbocycles. The van der Waals surface area contributed by atoms with Crippen LogP contribution in [0.1, 0.15) is 32.1 Å². The smallest absolute Gasteiger partial charge is 0.305 e. The summed E-state index contributed by atoms with van der Waals surface area (Å²) in [7, 11) is 3.22. The Hall–Kier alpha value is -1.69. The molecule has 0 saturated heterocycles. The van der Waals surface area contributed by atoms with Crippen molar-refractivity contribution in [3.63, 3.8) is 0 Å². The van der Waals surface area contributed by atoms with Gasteiger partial charge in [-0.05, 0) is 25.0 Å². The molecule has 1 rings (SSSR count). The lowest BCUT2D eigenvalue weighted by Gasteiger charge is -2.11. The van der Waals surface area contributed by atoms with Crippen LogP contribution < -0.4 is 10.6 Å². The summed E-state index contributed by atoms with van der Waals surface area (Å²) in [5, 5.41) is 6.64. The minimum atomic E-state index is -0.119. The van der Waals surface area contributed by atoms with Gasteiger partial charge in [0.05, 0.1) is 7.11 Å². The number of unbranched alkanes of at least 4 members (excludes halogenated alkanes) is 3. The number of carbonyl (C=O) groups excluding carboxylic acids is 1. The Balaban J connectivity index is 1.99. The van der Waals surface area contributed by atoms with E-state index in [4.69, 9.17) is 0 Å². The fraction of sp³-hybridized carbons (Fsp3) is 0.556. The highest BCUT2D eigenvalue weighted by atomic mass is 32.2. The summed E-state index contributed by atoms with van der Waals surface area (Å²) in [5.74, 6) is 1.72. The summed E-state index contributed by atoms with van der Waals surface area (Å²) in [6.07, 6.45) is 4.64. The molecule has 0 amide bonds. The van der Waals surface area contributed by atoms with E-state index < -0.39 is 0 Å². The van der Waals surface area contributed by atoms with Crippen LogP contribution >= 0.6 is 11.8 Å². The van der Waals surface area contributed by atoms with Crippen LogP contribution in [0.15, 0.2) is 40.2 Å². The van der Waals surface area contributed by atoms with Gasteiger partial charge in [-0.1, -0.05) is 31.0 Å². The van der Waals surface area contributed by atoms with Gasteiger partial charge in [0.1, 0.15) is 0 Å². The van der Waals surface area contributed by atoms with E-state index in [-0.39, 0.29) is 5.97 Å². The summed E-state index contributed by atoms with van der Waals surface area (Å²) in [6, 6.07) is 10.4. The number of carbonyl (C=O) groups is 1. The second kappa shape index (κ2) is 13.7. The van der Waals surface area contributed by atoms with Gasteiger partial charge in [-0.15, -0.1) is 11.8 Å². The molecule has 0 aliphatic rings. The van der Waals surface area contributed by atoms with E-state index in [1.54, 1.807) is 7.05 Å². The zero-order valence-corrected chi connectivity index (χ0v) is 15.5. The first-order chi connectivity index (χ1) is 11.8. The molecule has 0 bridgehead atoms. The van der Waals surface area contributed by atoms with E-state index in [2.05, 4.69) is 44.6 Å². The average molecular weight is 352 g/mol. The third-order valence-electron chi connectivity index (χ3n) is 3.46. The lowest BCUT2D eigenvalue weighted by molar-refractivity contribution is -0.140. The zero-order chi connectivity index (χ0) is 17.5. The summed E-state index contributed by atoms with van der Waals surface area (Å²) in [5.41, 5.74) is 0. The largest absolute Gasteiger partial charge is 0.469 e. The van der Waals surface area contributed by atoms with Crippen LogP contribution in [0.2, 0.25) is 0 Å². The van der Waals surface area contributed by atoms with Crippen molar-refractivity contribution in [1.29, 1.82) is 0 Å². The minimum Gasteiger partial charge on any atom is -0.469 e. The van der Waals surface area contributed by atoms with Crippen LogP contribution in [0, 0.1) is 0 Å². The average Bonchev–Trinajstić information content (AvgIpc) is 2.63. The summed E-state index contributed by atoms with van der Waals surface area (Å²) >= 11 is 1.83. The predicted molar refractivity (Wildman–Crippen MR) is 102 cm³/mol. The maximum atomic E-state index is 11.0. The van der Waals surface area contributed by atoms with Crippen molar-refractivity contribution < 1.29 is 9.53 Å². The summed E-state index contributed by atoms with van der Waals surface area (Å²) < 4.78 is 4.62. The first-order valence-corrected chi connectivity index (χ1v) is 9.44. The monoisotopic (exact) mass is 351 g/mol. The van der Waals surface area contributed by atoms with Crippen molar-refractivity contribution in [3.8, 4) is 0 Å². The number of rotatable bonds is 11. The molecule has 0 aliphatic heterocycles. The first kappa shape index (κ1) is 20.4. The van der Waals surface area contributed by atoms with E-state index >= 15 is 0 Å². The number of hydrogen-bond acceptors (Lipinski definition) is 4. The number of methoxy groups -OCH3 is 1. The maximum Gasteiger partial charge on any atom is 0.305 e. The standard InChI is InChI=1S/C18H29N3O2S/c1-19-18(20-13-9-4-3-8-12-17(22)23-2)21-14-15-24-16-10-6-5-7-11-16/h5-7,10-11H,3-4,8-9,12-15H2,1-2H3,(H2,19,20,21). The summed E-state index contributed by atoms with van der Waals surface area (Å²) in [6.45, 7) is 1.77. The number of esters is 1. The number of benzene rings is 1. The van der Waals surface area contributed by atoms with Crippen molar-refractivity contribution in [2.45, 2.75) is 37.0 Å². The molecule has 0 atom stereocenters. The number of hydrogen-bond donors (Lipinski definition) is 2. The molecule has 24 heavy (non-hydrogen) atoms. The van der Waals surface area contributed by atoms with Crippen LogP contribution in [0.4, 0.5) is 0 Å². The van der Waals surface area contributed by atoms with Crippen LogP contribution in [-0.4, -0.2) is 44.9 Å². The fourth-order valence-electron chi connectivity index (χ4n) is 2.13. The number of nitrogens with zero attached hydrogens (tertiary/aromatic N) is 1. The van der Waals surface area contributed by atoms with Gasteiger partial charge in [0.15, 0.2) is 5.96 Å². The normalized spacial score (nSPS) is 11.2. The van der Waals surface area contributed by atoms with E-state index in [1.807, 2.05) is 17.8 Å². The molecule has 134 valence electrons. The molecule has 0 radical (unpaired) electrons. The van der Waals surface area contributed by atoms with Crippen LogP contribution in [0.25, 0.3) is 0 Å². The highest BCUT2D eigenvalue weighted by molar-refractivity contribution is 7.99. The molecule has 0 saturated carbocycles. The van der Waals surface area contributed by atoms with Crippen molar-refractivity contribution in [2.24, 2.45) is 4.99 Å². The second-order valence-electron chi connectivity index (χ2n) is 5.33. The van der Waals surface area contributed by atoms with E-state index in [0.717, 1.165) is 50.5 Å². The molecule has 0 aromatic heterocycles. The molecule has 6 heteroatoms. The molecule has 0 heterocycles. The zero-order valence-electron chi connectivity index (χ0n) is 14.7. The SMILES string of the molecule is CN=C(NCCCCCCC(=O)OC)NCCSc1ccccc1. The summed E-state index contributed by atoms with van der Waals surface area (Å²) in [4.78, 5) is 16.5. The van der Waals surface area contributed by atoms with Gasteiger partial charge < -0.3 is 15.4 Å². The van der Waals surface area contributed by atoms with Gasteiger partial charge in [-0.25, -0.2) is 0 Å². The minimum absolute atomic E-state index is 0.119. The highest BCUT2D eigenvalue weighted by Crippen LogP contribution is 2.15. The molecular formula is C18H29N3O2S. The first-order valence-electron chi connectivity index (χ1n) is 8.45. The molecule has 5 nitrogen and oxygen atoms in total. The van der Waals surface area contributed by atoms with E-state index in [9.17, 15) is 4.79 Å². The van der Waals surface area contributed by atoms with Crippen LogP contribution in [-0.2, 0) is 9.53 Å². The topological polar surface area (TPSA) is 62.7 Å². The quantitative estimate of drug-likeness (QED) is 0.211. The van der Waals surface area contributed by atoms with Gasteiger partial charge in [0.25, 0.3) is 0 Å². The Bertz CT molecular complexity index is 480. The third-order valence-corrected chi connectivity index (χ3v) is 4.47. The molecular weight excluding hydrogens is 322 g/mol. The van der Waals surface area contributed by atoms with Gasteiger partial charge >= 0.3 is 5.97 Å². The molecule has 0 unspecified atom stereocenters. The van der Waals surface area contributed by atoms with Crippen molar-refractivity contribution in [1.82, 2.24) is 10.6 Å². The molecule has 0 fully saturated rings. The lowest BCUT2D eigenvalue weighted by atomic mass is 10.1. The Morgan fingerprint density at radius 2 is 1.79 bits per heavy atom. The molecule has 0 spiro atoms. The second-order valence-corrected chi connectivity index (χ2v) is 6.50. The number of guanidine groups is 1. The Kier molecular flexibility index (Phi) is 11.6. The molecule has 0 aliphatic carbocycles. The van der Waals surface area contributed by atoms with Gasteiger partial charge in [0, 0.05) is 37.2 Å². The van der Waals surface area contributed by atoms with Gasteiger partial charge in [-0.2, -0.15) is 0 Å². The molecule has 2 N–H and O–H groups in total. The number of nitrogens with one attached hydrogen (secondary N) is 2. The third kappa shape index (κ3) is 10.2. The van der Waals surface area contributed by atoms with Crippen molar-refractivity contribution in [2.75, 3.05) is 33.0 Å². The fourth-order valence-corrected chi connectivity index (χ4v) is 2.92.